The van der Waals surface area contributed by atoms with Gasteiger partial charge in [-0.2, -0.15) is 0 Å². The van der Waals surface area contributed by atoms with Crippen LogP contribution in [0.3, 0.4) is 0 Å². The van der Waals surface area contributed by atoms with Gasteiger partial charge in [-0.05, 0) is 43.3 Å². The quantitative estimate of drug-likeness (QED) is 0.904. The first-order valence-corrected chi connectivity index (χ1v) is 9.23. The summed E-state index contributed by atoms with van der Waals surface area (Å²) in [5, 5.41) is 0. The average Bonchev–Trinajstić information content (AvgIpc) is 2.73. The number of likely N-dealkylation sites (N-methyl/N-ethyl adjacent to an activating group) is 1. The maximum atomic E-state index is 13.3. The highest BCUT2D eigenvalue weighted by atomic mass is 32.2. The number of halogens is 1. The molecule has 0 bridgehead atoms. The van der Waals surface area contributed by atoms with Gasteiger partial charge in [0.15, 0.2) is 0 Å². The maximum Gasteiger partial charge on any atom is 0.261 e. The third kappa shape index (κ3) is 3.58. The third-order valence-corrected chi connectivity index (χ3v) is 5.24. The summed E-state index contributed by atoms with van der Waals surface area (Å²) in [6.45, 7) is 3.23. The van der Waals surface area contributed by atoms with Crippen LogP contribution in [0.25, 0.3) is 0 Å². The van der Waals surface area contributed by atoms with Gasteiger partial charge in [0.05, 0.1) is 17.0 Å². The van der Waals surface area contributed by atoms with Crippen LogP contribution in [0.15, 0.2) is 47.4 Å². The zero-order valence-electron chi connectivity index (χ0n) is 13.5. The predicted molar refractivity (Wildman–Crippen MR) is 90.7 cm³/mol. The number of hydrogen-bond donors (Lipinski definition) is 1. The lowest BCUT2D eigenvalue weighted by Crippen LogP contribution is -2.32. The van der Waals surface area contributed by atoms with Crippen LogP contribution in [0.2, 0.25) is 0 Å². The molecule has 0 aromatic heterocycles. The fourth-order valence-corrected chi connectivity index (χ4v) is 3.65. The molecule has 0 aliphatic carbocycles. The Balaban J connectivity index is 1.93. The number of hydrogen-bond acceptors (Lipinski definition) is 4. The molecule has 0 atom stereocenters. The molecule has 1 amide bonds. The standard InChI is InChI=1S/C17H17FN2O4S/c1-2-20-8-9-24-16-7-6-13(11-15(16)17(20)21)19-25(22,23)14-5-3-4-12(18)10-14/h3-7,10-11,19H,2,8-9H2,1H3. The SMILES string of the molecule is CCN1CCOc2ccc(NS(=O)(=O)c3cccc(F)c3)cc2C1=O. The lowest BCUT2D eigenvalue weighted by Gasteiger charge is -2.17. The number of nitrogens with zero attached hydrogens (tertiary/aromatic N) is 1. The van der Waals surface area contributed by atoms with Crippen molar-refractivity contribution in [3.8, 4) is 5.75 Å². The van der Waals surface area contributed by atoms with Crippen LogP contribution in [0.4, 0.5) is 10.1 Å². The Morgan fingerprint density at radius 2 is 2.04 bits per heavy atom. The summed E-state index contributed by atoms with van der Waals surface area (Å²) < 4.78 is 46.0. The molecule has 2 aromatic rings. The van der Waals surface area contributed by atoms with Crippen LogP contribution >= 0.6 is 0 Å². The Morgan fingerprint density at radius 1 is 1.24 bits per heavy atom. The summed E-state index contributed by atoms with van der Waals surface area (Å²) in [5.41, 5.74) is 0.497. The number of fused-ring (bicyclic) bond motifs is 1. The van der Waals surface area contributed by atoms with Crippen molar-refractivity contribution >= 4 is 21.6 Å². The van der Waals surface area contributed by atoms with Gasteiger partial charge in [-0.25, -0.2) is 12.8 Å². The number of carbonyl (C=O) groups is 1. The van der Waals surface area contributed by atoms with Crippen molar-refractivity contribution in [3.63, 3.8) is 0 Å². The number of benzene rings is 2. The second-order valence-corrected chi connectivity index (χ2v) is 7.19. The first-order chi connectivity index (χ1) is 11.9. The molecule has 8 heteroatoms. The third-order valence-electron chi connectivity index (χ3n) is 3.86. The van der Waals surface area contributed by atoms with Crippen LogP contribution in [0.5, 0.6) is 5.75 Å². The van der Waals surface area contributed by atoms with Gasteiger partial charge in [-0.3, -0.25) is 9.52 Å². The normalized spacial score (nSPS) is 14.5. The summed E-state index contributed by atoms with van der Waals surface area (Å²) in [6.07, 6.45) is 0. The van der Waals surface area contributed by atoms with Crippen LogP contribution in [-0.2, 0) is 10.0 Å². The van der Waals surface area contributed by atoms with Crippen molar-refractivity contribution in [2.24, 2.45) is 0 Å². The van der Waals surface area contributed by atoms with Gasteiger partial charge in [-0.1, -0.05) is 6.07 Å². The van der Waals surface area contributed by atoms with E-state index in [0.29, 0.717) is 31.0 Å². The fraction of sp³-hybridized carbons (Fsp3) is 0.235. The van der Waals surface area contributed by atoms with Crippen LogP contribution in [0.1, 0.15) is 17.3 Å². The summed E-state index contributed by atoms with van der Waals surface area (Å²) in [4.78, 5) is 13.9. The molecule has 3 rings (SSSR count). The van der Waals surface area contributed by atoms with Crippen molar-refractivity contribution in [1.82, 2.24) is 4.90 Å². The molecule has 6 nitrogen and oxygen atoms in total. The van der Waals surface area contributed by atoms with Crippen molar-refractivity contribution in [2.45, 2.75) is 11.8 Å². The molecule has 1 aliphatic rings. The number of rotatable bonds is 4. The van der Waals surface area contributed by atoms with Gasteiger partial charge in [0.1, 0.15) is 18.2 Å². The van der Waals surface area contributed by atoms with Crippen molar-refractivity contribution < 1.29 is 22.3 Å². The molecule has 0 spiro atoms. The van der Waals surface area contributed by atoms with Gasteiger partial charge in [0.25, 0.3) is 15.9 Å². The van der Waals surface area contributed by atoms with Crippen molar-refractivity contribution in [1.29, 1.82) is 0 Å². The lowest BCUT2D eigenvalue weighted by molar-refractivity contribution is 0.0765. The van der Waals surface area contributed by atoms with E-state index in [-0.39, 0.29) is 16.5 Å². The minimum atomic E-state index is -3.96. The smallest absolute Gasteiger partial charge is 0.261 e. The van der Waals surface area contributed by atoms with Gasteiger partial charge < -0.3 is 9.64 Å². The zero-order valence-corrected chi connectivity index (χ0v) is 14.3. The summed E-state index contributed by atoms with van der Waals surface area (Å²) in [5.74, 6) is -0.455. The average molecular weight is 364 g/mol. The van der Waals surface area contributed by atoms with Gasteiger partial charge in [0.2, 0.25) is 0 Å². The van der Waals surface area contributed by atoms with Gasteiger partial charge in [0, 0.05) is 12.2 Å². The van der Waals surface area contributed by atoms with E-state index in [2.05, 4.69) is 4.72 Å². The Kier molecular flexibility index (Phi) is 4.63. The van der Waals surface area contributed by atoms with Crippen molar-refractivity contribution in [2.75, 3.05) is 24.4 Å². The summed E-state index contributed by atoms with van der Waals surface area (Å²) in [6, 6.07) is 9.19. The molecule has 132 valence electrons. The Bertz CT molecular complexity index is 915. The molecule has 0 radical (unpaired) electrons. The highest BCUT2D eigenvalue weighted by Gasteiger charge is 2.24. The fourth-order valence-electron chi connectivity index (χ4n) is 2.57. The van der Waals surface area contributed by atoms with E-state index in [1.807, 2.05) is 6.92 Å². The first-order valence-electron chi connectivity index (χ1n) is 7.75. The second-order valence-electron chi connectivity index (χ2n) is 5.51. The number of amides is 1. The molecule has 0 saturated carbocycles. The van der Waals surface area contributed by atoms with E-state index in [1.165, 1.54) is 24.3 Å². The van der Waals surface area contributed by atoms with Crippen molar-refractivity contribution in [3.05, 3.63) is 53.8 Å². The highest BCUT2D eigenvalue weighted by Crippen LogP contribution is 2.27. The molecule has 0 unspecified atom stereocenters. The molecule has 25 heavy (non-hydrogen) atoms. The van der Waals surface area contributed by atoms with Gasteiger partial charge >= 0.3 is 0 Å². The molecule has 1 aliphatic heterocycles. The number of anilines is 1. The largest absolute Gasteiger partial charge is 0.491 e. The molecule has 1 N–H and O–H groups in total. The Morgan fingerprint density at radius 3 is 2.76 bits per heavy atom. The maximum absolute atomic E-state index is 13.3. The topological polar surface area (TPSA) is 75.7 Å². The summed E-state index contributed by atoms with van der Waals surface area (Å²) >= 11 is 0. The van der Waals surface area contributed by atoms with E-state index < -0.39 is 15.8 Å². The Hall–Kier alpha value is -2.61. The molecule has 2 aromatic carbocycles. The first kappa shape index (κ1) is 17.2. The number of ether oxygens (including phenoxy) is 1. The molecular formula is C17H17FN2O4S. The predicted octanol–water partition coefficient (Wildman–Crippen LogP) is 2.48. The monoisotopic (exact) mass is 364 g/mol. The Labute approximate surface area is 145 Å². The highest BCUT2D eigenvalue weighted by molar-refractivity contribution is 7.92. The molecule has 0 saturated heterocycles. The second kappa shape index (κ2) is 6.72. The van der Waals surface area contributed by atoms with E-state index in [9.17, 15) is 17.6 Å². The van der Waals surface area contributed by atoms with E-state index in [4.69, 9.17) is 4.74 Å². The molecule has 1 heterocycles. The van der Waals surface area contributed by atoms with Gasteiger partial charge in [-0.15, -0.1) is 0 Å². The zero-order chi connectivity index (χ0) is 18.0. The summed E-state index contributed by atoms with van der Waals surface area (Å²) in [7, 11) is -3.96. The van der Waals surface area contributed by atoms with E-state index >= 15 is 0 Å². The number of sulfonamides is 1. The minimum Gasteiger partial charge on any atom is -0.491 e. The molecular weight excluding hydrogens is 347 g/mol. The van der Waals surface area contributed by atoms with E-state index in [1.54, 1.807) is 11.0 Å². The lowest BCUT2D eigenvalue weighted by atomic mass is 10.1. The van der Waals surface area contributed by atoms with Crippen LogP contribution < -0.4 is 9.46 Å². The number of nitrogens with one attached hydrogen (secondary N) is 1. The number of carbonyl (C=O) groups excluding carboxylic acids is 1. The van der Waals surface area contributed by atoms with Crippen LogP contribution in [-0.4, -0.2) is 38.9 Å². The minimum absolute atomic E-state index is 0.194. The molecule has 0 fully saturated rings. The van der Waals surface area contributed by atoms with Crippen LogP contribution in [0, 0.1) is 5.82 Å². The van der Waals surface area contributed by atoms with E-state index in [0.717, 1.165) is 12.1 Å².